The average molecular weight is 287 g/mol. The molecule has 0 amide bonds. The zero-order valence-corrected chi connectivity index (χ0v) is 11.5. The van der Waals surface area contributed by atoms with Crippen molar-refractivity contribution in [2.45, 2.75) is 44.5 Å². The molecular formula is C15H20F3NO. The molecule has 0 spiro atoms. The van der Waals surface area contributed by atoms with Crippen molar-refractivity contribution in [3.05, 3.63) is 35.4 Å². The minimum absolute atomic E-state index is 0.170. The van der Waals surface area contributed by atoms with Crippen molar-refractivity contribution in [2.75, 3.05) is 6.54 Å². The normalized spacial score (nSPS) is 25.4. The van der Waals surface area contributed by atoms with Crippen molar-refractivity contribution < 1.29 is 18.3 Å². The Labute approximate surface area is 117 Å². The molecule has 0 radical (unpaired) electrons. The summed E-state index contributed by atoms with van der Waals surface area (Å²) in [5.41, 5.74) is -0.376. The van der Waals surface area contributed by atoms with Crippen molar-refractivity contribution in [3.8, 4) is 0 Å². The minimum atomic E-state index is -4.37. The van der Waals surface area contributed by atoms with Crippen LogP contribution in [-0.4, -0.2) is 17.7 Å². The monoisotopic (exact) mass is 287 g/mol. The molecular weight excluding hydrogens is 267 g/mol. The maximum atomic E-state index is 12.6. The van der Waals surface area contributed by atoms with Crippen LogP contribution in [0.1, 0.15) is 43.4 Å². The first-order valence-corrected chi connectivity index (χ1v) is 6.95. The van der Waals surface area contributed by atoms with E-state index in [0.29, 0.717) is 17.9 Å². The van der Waals surface area contributed by atoms with Gasteiger partial charge in [0.1, 0.15) is 0 Å². The molecule has 1 aromatic carbocycles. The summed E-state index contributed by atoms with van der Waals surface area (Å²) in [6.07, 6.45) is -2.72. The Balaban J connectivity index is 2.03. The number of benzene rings is 1. The van der Waals surface area contributed by atoms with Gasteiger partial charge in [0.2, 0.25) is 0 Å². The summed E-state index contributed by atoms with van der Waals surface area (Å²) >= 11 is 0. The number of alkyl halides is 3. The highest BCUT2D eigenvalue weighted by Gasteiger charge is 2.31. The molecule has 0 aliphatic carbocycles. The highest BCUT2D eigenvalue weighted by molar-refractivity contribution is 5.27. The van der Waals surface area contributed by atoms with E-state index >= 15 is 0 Å². The van der Waals surface area contributed by atoms with Crippen molar-refractivity contribution in [2.24, 2.45) is 5.92 Å². The van der Waals surface area contributed by atoms with Gasteiger partial charge < -0.3 is 10.4 Å². The van der Waals surface area contributed by atoms with Crippen LogP contribution < -0.4 is 5.32 Å². The van der Waals surface area contributed by atoms with Gasteiger partial charge in [0.15, 0.2) is 0 Å². The lowest BCUT2D eigenvalue weighted by Crippen LogP contribution is -2.38. The van der Waals surface area contributed by atoms with Gasteiger partial charge in [0.25, 0.3) is 0 Å². The van der Waals surface area contributed by atoms with Crippen LogP contribution in [0.5, 0.6) is 0 Å². The van der Waals surface area contributed by atoms with Crippen LogP contribution in [0.2, 0.25) is 0 Å². The second-order valence-corrected chi connectivity index (χ2v) is 5.66. The van der Waals surface area contributed by atoms with E-state index < -0.39 is 17.8 Å². The second-order valence-electron chi connectivity index (χ2n) is 5.66. The third-order valence-electron chi connectivity index (χ3n) is 3.86. The molecule has 1 heterocycles. The second kappa shape index (κ2) is 6.14. The highest BCUT2D eigenvalue weighted by Crippen LogP contribution is 2.32. The Morgan fingerprint density at radius 1 is 1.40 bits per heavy atom. The van der Waals surface area contributed by atoms with Crippen LogP contribution in [-0.2, 0) is 6.18 Å². The lowest BCUT2D eigenvalue weighted by molar-refractivity contribution is -0.137. The van der Waals surface area contributed by atoms with E-state index in [-0.39, 0.29) is 6.04 Å². The van der Waals surface area contributed by atoms with Gasteiger partial charge in [-0.15, -0.1) is 0 Å². The molecule has 2 nitrogen and oxygen atoms in total. The first-order chi connectivity index (χ1) is 9.36. The fraction of sp³-hybridized carbons (Fsp3) is 0.600. The van der Waals surface area contributed by atoms with Crippen LogP contribution in [0.4, 0.5) is 13.2 Å². The number of rotatable bonds is 3. The van der Waals surface area contributed by atoms with E-state index in [0.717, 1.165) is 31.5 Å². The number of piperidine rings is 1. The Morgan fingerprint density at radius 3 is 2.80 bits per heavy atom. The first-order valence-electron chi connectivity index (χ1n) is 6.95. The molecule has 20 heavy (non-hydrogen) atoms. The summed E-state index contributed by atoms with van der Waals surface area (Å²) in [4.78, 5) is 0. The van der Waals surface area contributed by atoms with Crippen molar-refractivity contribution in [3.63, 3.8) is 0 Å². The maximum absolute atomic E-state index is 12.6. The van der Waals surface area contributed by atoms with Gasteiger partial charge in [0.05, 0.1) is 11.7 Å². The smallest absolute Gasteiger partial charge is 0.388 e. The Hall–Kier alpha value is -1.07. The van der Waals surface area contributed by atoms with Crippen LogP contribution >= 0.6 is 0 Å². The van der Waals surface area contributed by atoms with Crippen molar-refractivity contribution >= 4 is 0 Å². The minimum Gasteiger partial charge on any atom is -0.388 e. The van der Waals surface area contributed by atoms with E-state index in [1.807, 2.05) is 0 Å². The number of hydrogen-bond donors (Lipinski definition) is 2. The van der Waals surface area contributed by atoms with Crippen LogP contribution in [0, 0.1) is 5.92 Å². The number of aliphatic hydroxyl groups is 1. The van der Waals surface area contributed by atoms with Crippen molar-refractivity contribution in [1.82, 2.24) is 5.32 Å². The van der Waals surface area contributed by atoms with Gasteiger partial charge in [-0.2, -0.15) is 13.2 Å². The molecule has 0 saturated carbocycles. The predicted molar refractivity (Wildman–Crippen MR) is 71.2 cm³/mol. The largest absolute Gasteiger partial charge is 0.416 e. The van der Waals surface area contributed by atoms with Gasteiger partial charge in [-0.3, -0.25) is 0 Å². The van der Waals surface area contributed by atoms with Gasteiger partial charge in [-0.05, 0) is 49.4 Å². The standard InChI is InChI=1S/C15H20F3NO/c1-10-5-6-19-13(7-10)9-14(20)11-3-2-4-12(8-11)15(16,17)18/h2-4,8,10,13-14,19-20H,5-7,9H2,1H3. The molecule has 5 heteroatoms. The number of halogens is 3. The van der Waals surface area contributed by atoms with E-state index in [1.165, 1.54) is 6.07 Å². The number of aliphatic hydroxyl groups excluding tert-OH is 1. The third-order valence-corrected chi connectivity index (χ3v) is 3.86. The fourth-order valence-corrected chi connectivity index (χ4v) is 2.73. The molecule has 3 unspecified atom stereocenters. The average Bonchev–Trinajstić information content (AvgIpc) is 2.38. The maximum Gasteiger partial charge on any atom is 0.416 e. The molecule has 1 saturated heterocycles. The fourth-order valence-electron chi connectivity index (χ4n) is 2.73. The lowest BCUT2D eigenvalue weighted by Gasteiger charge is -2.29. The summed E-state index contributed by atoms with van der Waals surface area (Å²) in [5.74, 6) is 0.593. The molecule has 1 aromatic rings. The molecule has 1 aliphatic rings. The Morgan fingerprint density at radius 2 is 2.15 bits per heavy atom. The Kier molecular flexibility index (Phi) is 4.70. The van der Waals surface area contributed by atoms with Gasteiger partial charge in [-0.25, -0.2) is 0 Å². The molecule has 3 atom stereocenters. The Bertz CT molecular complexity index is 447. The summed E-state index contributed by atoms with van der Waals surface area (Å²) in [6.45, 7) is 3.06. The summed E-state index contributed by atoms with van der Waals surface area (Å²) < 4.78 is 37.9. The molecule has 2 N–H and O–H groups in total. The number of hydrogen-bond acceptors (Lipinski definition) is 2. The van der Waals surface area contributed by atoms with Crippen molar-refractivity contribution in [1.29, 1.82) is 0 Å². The molecule has 1 fully saturated rings. The SMILES string of the molecule is CC1CCNC(CC(O)c2cccc(C(F)(F)F)c2)C1. The lowest BCUT2D eigenvalue weighted by atomic mass is 9.89. The van der Waals surface area contributed by atoms with E-state index in [2.05, 4.69) is 12.2 Å². The molecule has 0 bridgehead atoms. The molecule has 1 aliphatic heterocycles. The summed E-state index contributed by atoms with van der Waals surface area (Å²) in [5, 5.41) is 13.5. The predicted octanol–water partition coefficient (Wildman–Crippen LogP) is 3.52. The molecule has 2 rings (SSSR count). The van der Waals surface area contributed by atoms with Gasteiger partial charge in [-0.1, -0.05) is 19.1 Å². The van der Waals surface area contributed by atoms with E-state index in [1.54, 1.807) is 6.07 Å². The summed E-state index contributed by atoms with van der Waals surface area (Å²) in [7, 11) is 0. The van der Waals surface area contributed by atoms with Crippen LogP contribution in [0.3, 0.4) is 0 Å². The highest BCUT2D eigenvalue weighted by atomic mass is 19.4. The zero-order valence-electron chi connectivity index (χ0n) is 11.5. The zero-order chi connectivity index (χ0) is 14.8. The quantitative estimate of drug-likeness (QED) is 0.891. The third kappa shape index (κ3) is 3.96. The van der Waals surface area contributed by atoms with E-state index in [4.69, 9.17) is 0 Å². The first kappa shape index (κ1) is 15.3. The summed E-state index contributed by atoms with van der Waals surface area (Å²) in [6, 6.07) is 5.13. The van der Waals surface area contributed by atoms with Crippen LogP contribution in [0.15, 0.2) is 24.3 Å². The molecule has 112 valence electrons. The molecule has 0 aromatic heterocycles. The number of nitrogens with one attached hydrogen (secondary N) is 1. The van der Waals surface area contributed by atoms with Gasteiger partial charge >= 0.3 is 6.18 Å². The topological polar surface area (TPSA) is 32.3 Å². The van der Waals surface area contributed by atoms with Crippen LogP contribution in [0.25, 0.3) is 0 Å². The van der Waals surface area contributed by atoms with Gasteiger partial charge in [0, 0.05) is 6.04 Å². The van der Waals surface area contributed by atoms with E-state index in [9.17, 15) is 18.3 Å².